The zero-order chi connectivity index (χ0) is 16.4. The molecule has 0 atom stereocenters. The fourth-order valence-corrected chi connectivity index (χ4v) is 3.33. The molecular formula is C14H12FN5OS2. The summed E-state index contributed by atoms with van der Waals surface area (Å²) in [6, 6.07) is 2.50. The normalized spacial score (nSPS) is 10.6. The van der Waals surface area contributed by atoms with Gasteiger partial charge in [0, 0.05) is 17.6 Å². The smallest absolute Gasteiger partial charge is 0.279 e. The predicted octanol–water partition coefficient (Wildman–Crippen LogP) is 3.75. The van der Waals surface area contributed by atoms with Gasteiger partial charge in [-0.25, -0.2) is 19.3 Å². The van der Waals surface area contributed by atoms with Gasteiger partial charge in [-0.05, 0) is 19.9 Å². The highest BCUT2D eigenvalue weighted by molar-refractivity contribution is 7.16. The van der Waals surface area contributed by atoms with Crippen LogP contribution in [0.25, 0.3) is 0 Å². The first-order chi connectivity index (χ1) is 11.0. The average molecular weight is 349 g/mol. The monoisotopic (exact) mass is 349 g/mol. The molecule has 3 aromatic rings. The van der Waals surface area contributed by atoms with Crippen LogP contribution in [0.15, 0.2) is 23.7 Å². The number of carbonyl (C=O) groups is 1. The molecule has 3 aromatic heterocycles. The van der Waals surface area contributed by atoms with Crippen LogP contribution in [-0.2, 0) is 0 Å². The van der Waals surface area contributed by atoms with Gasteiger partial charge in [-0.2, -0.15) is 0 Å². The molecule has 6 nitrogen and oxygen atoms in total. The van der Waals surface area contributed by atoms with Crippen molar-refractivity contribution >= 4 is 44.5 Å². The lowest BCUT2D eigenvalue weighted by atomic mass is 10.4. The Morgan fingerprint density at radius 1 is 1.30 bits per heavy atom. The second-order valence-electron chi connectivity index (χ2n) is 4.64. The molecule has 0 unspecified atom stereocenters. The van der Waals surface area contributed by atoms with Crippen molar-refractivity contribution in [3.8, 4) is 0 Å². The number of thiazole rings is 2. The van der Waals surface area contributed by atoms with Crippen LogP contribution in [0.3, 0.4) is 0 Å². The molecule has 118 valence electrons. The van der Waals surface area contributed by atoms with E-state index < -0.39 is 5.82 Å². The molecular weight excluding hydrogens is 337 g/mol. The SMILES string of the molecule is Cc1csc(NC(=O)c2nc(C)sc2Nc2cc(F)ccn2)n1. The van der Waals surface area contributed by atoms with Crippen LogP contribution in [0.1, 0.15) is 21.2 Å². The van der Waals surface area contributed by atoms with Gasteiger partial charge in [0.2, 0.25) is 0 Å². The lowest BCUT2D eigenvalue weighted by molar-refractivity contribution is 0.102. The maximum Gasteiger partial charge on any atom is 0.279 e. The average Bonchev–Trinajstić information content (AvgIpc) is 3.05. The van der Waals surface area contributed by atoms with Crippen LogP contribution >= 0.6 is 22.7 Å². The summed E-state index contributed by atoms with van der Waals surface area (Å²) in [5.41, 5.74) is 1.06. The molecule has 0 saturated heterocycles. The fourth-order valence-electron chi connectivity index (χ4n) is 1.82. The molecule has 0 radical (unpaired) electrons. The quantitative estimate of drug-likeness (QED) is 0.750. The third-order valence-corrected chi connectivity index (χ3v) is 4.51. The number of carbonyl (C=O) groups excluding carboxylic acids is 1. The Balaban J connectivity index is 1.83. The van der Waals surface area contributed by atoms with Crippen LogP contribution in [0.5, 0.6) is 0 Å². The standard InChI is InChI=1S/C14H12FN5OS2/c1-7-6-22-14(17-7)20-12(21)11-13(23-8(2)18-11)19-10-5-9(15)3-4-16-10/h3-6H,1-2H3,(H,16,19)(H,17,20,21). The van der Waals surface area contributed by atoms with E-state index in [4.69, 9.17) is 0 Å². The molecule has 3 rings (SSSR count). The van der Waals surface area contributed by atoms with Gasteiger partial charge in [0.05, 0.1) is 10.7 Å². The minimum atomic E-state index is -0.409. The molecule has 0 aliphatic carbocycles. The molecule has 2 N–H and O–H groups in total. The molecule has 0 bridgehead atoms. The van der Waals surface area contributed by atoms with Crippen LogP contribution in [0, 0.1) is 19.7 Å². The highest BCUT2D eigenvalue weighted by Crippen LogP contribution is 2.28. The largest absolute Gasteiger partial charge is 0.330 e. The third-order valence-electron chi connectivity index (χ3n) is 2.75. The van der Waals surface area contributed by atoms with Crippen LogP contribution in [-0.4, -0.2) is 20.9 Å². The van der Waals surface area contributed by atoms with E-state index in [-0.39, 0.29) is 11.6 Å². The number of amides is 1. The van der Waals surface area contributed by atoms with E-state index in [1.54, 1.807) is 6.92 Å². The van der Waals surface area contributed by atoms with Crippen molar-refractivity contribution in [2.45, 2.75) is 13.8 Å². The van der Waals surface area contributed by atoms with Gasteiger partial charge in [-0.3, -0.25) is 10.1 Å². The van der Waals surface area contributed by atoms with Gasteiger partial charge in [0.25, 0.3) is 5.91 Å². The van der Waals surface area contributed by atoms with E-state index in [0.717, 1.165) is 5.69 Å². The number of halogens is 1. The molecule has 0 fully saturated rings. The third kappa shape index (κ3) is 3.69. The summed E-state index contributed by atoms with van der Waals surface area (Å²) < 4.78 is 13.2. The number of nitrogens with one attached hydrogen (secondary N) is 2. The predicted molar refractivity (Wildman–Crippen MR) is 89.1 cm³/mol. The van der Waals surface area contributed by atoms with Gasteiger partial charge in [0.1, 0.15) is 16.6 Å². The number of aryl methyl sites for hydroxylation is 2. The Labute approximate surface area is 139 Å². The van der Waals surface area contributed by atoms with E-state index >= 15 is 0 Å². The van der Waals surface area contributed by atoms with Crippen molar-refractivity contribution in [1.29, 1.82) is 0 Å². The molecule has 0 saturated carbocycles. The molecule has 23 heavy (non-hydrogen) atoms. The minimum absolute atomic E-state index is 0.228. The first-order valence-electron chi connectivity index (χ1n) is 6.61. The molecule has 0 aliphatic heterocycles. The number of aromatic nitrogens is 3. The summed E-state index contributed by atoms with van der Waals surface area (Å²) in [4.78, 5) is 24.8. The van der Waals surface area contributed by atoms with Crippen molar-refractivity contribution in [2.75, 3.05) is 10.6 Å². The summed E-state index contributed by atoms with van der Waals surface area (Å²) in [5, 5.41) is 9.21. The Hall–Kier alpha value is -2.39. The number of hydrogen-bond donors (Lipinski definition) is 2. The highest BCUT2D eigenvalue weighted by Gasteiger charge is 2.18. The molecule has 1 amide bonds. The molecule has 9 heteroatoms. The van der Waals surface area contributed by atoms with Crippen molar-refractivity contribution in [1.82, 2.24) is 15.0 Å². The molecule has 0 spiro atoms. The fraction of sp³-hybridized carbons (Fsp3) is 0.143. The first-order valence-corrected chi connectivity index (χ1v) is 8.30. The van der Waals surface area contributed by atoms with E-state index in [9.17, 15) is 9.18 Å². The minimum Gasteiger partial charge on any atom is -0.330 e. The maximum absolute atomic E-state index is 13.2. The lowest BCUT2D eigenvalue weighted by Crippen LogP contribution is -2.14. The summed E-state index contributed by atoms with van der Waals surface area (Å²) in [6.07, 6.45) is 1.35. The van der Waals surface area contributed by atoms with Crippen LogP contribution in [0.2, 0.25) is 0 Å². The number of pyridine rings is 1. The summed E-state index contributed by atoms with van der Waals surface area (Å²) in [7, 11) is 0. The van der Waals surface area contributed by atoms with Crippen LogP contribution in [0.4, 0.5) is 20.3 Å². The Bertz CT molecular complexity index is 860. The summed E-state index contributed by atoms with van der Waals surface area (Å²) >= 11 is 2.64. The van der Waals surface area contributed by atoms with Crippen molar-refractivity contribution < 1.29 is 9.18 Å². The zero-order valence-electron chi connectivity index (χ0n) is 12.3. The van der Waals surface area contributed by atoms with Crippen molar-refractivity contribution in [2.24, 2.45) is 0 Å². The second-order valence-corrected chi connectivity index (χ2v) is 6.70. The summed E-state index contributed by atoms with van der Waals surface area (Å²) in [5.74, 6) is -0.469. The topological polar surface area (TPSA) is 79.8 Å². The number of rotatable bonds is 4. The van der Waals surface area contributed by atoms with Gasteiger partial charge in [-0.15, -0.1) is 22.7 Å². The van der Waals surface area contributed by atoms with Gasteiger partial charge >= 0.3 is 0 Å². The number of nitrogens with zero attached hydrogens (tertiary/aromatic N) is 3. The highest BCUT2D eigenvalue weighted by atomic mass is 32.1. The van der Waals surface area contributed by atoms with Gasteiger partial charge in [0.15, 0.2) is 10.8 Å². The van der Waals surface area contributed by atoms with E-state index in [1.165, 1.54) is 41.0 Å². The van der Waals surface area contributed by atoms with Gasteiger partial charge < -0.3 is 5.32 Å². The van der Waals surface area contributed by atoms with E-state index in [2.05, 4.69) is 25.6 Å². The maximum atomic E-state index is 13.2. The van der Waals surface area contributed by atoms with Gasteiger partial charge in [-0.1, -0.05) is 0 Å². The lowest BCUT2D eigenvalue weighted by Gasteiger charge is -2.05. The number of anilines is 3. The Morgan fingerprint density at radius 3 is 2.83 bits per heavy atom. The van der Waals surface area contributed by atoms with Crippen molar-refractivity contribution in [3.05, 3.63) is 45.9 Å². The Kier molecular flexibility index (Phi) is 4.30. The van der Waals surface area contributed by atoms with Crippen LogP contribution < -0.4 is 10.6 Å². The van der Waals surface area contributed by atoms with Crippen molar-refractivity contribution in [3.63, 3.8) is 0 Å². The van der Waals surface area contributed by atoms with E-state index in [0.29, 0.717) is 21.0 Å². The molecule has 0 aliphatic rings. The zero-order valence-corrected chi connectivity index (χ0v) is 13.9. The summed E-state index contributed by atoms with van der Waals surface area (Å²) in [6.45, 7) is 3.64. The molecule has 3 heterocycles. The molecule has 0 aromatic carbocycles. The Morgan fingerprint density at radius 2 is 2.13 bits per heavy atom. The second kappa shape index (κ2) is 6.39. The van der Waals surface area contributed by atoms with E-state index in [1.807, 2.05) is 12.3 Å². The number of hydrogen-bond acceptors (Lipinski definition) is 7. The first kappa shape index (κ1) is 15.5.